The summed E-state index contributed by atoms with van der Waals surface area (Å²) in [5.74, 6) is 0.456. The molecule has 0 fully saturated rings. The number of aromatic amines is 1. The molecule has 1 aromatic carbocycles. The van der Waals surface area contributed by atoms with Gasteiger partial charge in [0.1, 0.15) is 5.82 Å². The van der Waals surface area contributed by atoms with Crippen LogP contribution < -0.4 is 5.73 Å². The van der Waals surface area contributed by atoms with E-state index in [1.165, 1.54) is 5.56 Å². The molecule has 0 aliphatic heterocycles. The molecule has 0 spiro atoms. The average molecular weight is 231 g/mol. The summed E-state index contributed by atoms with van der Waals surface area (Å²) in [5.41, 5.74) is 7.63. The minimum absolute atomic E-state index is 0.456. The molecule has 0 saturated heterocycles. The first-order chi connectivity index (χ1) is 8.27. The maximum Gasteiger partial charge on any atom is 0.124 e. The highest BCUT2D eigenvalue weighted by Gasteiger charge is 2.12. The minimum Gasteiger partial charge on any atom is -0.388 e. The third-order valence-corrected chi connectivity index (χ3v) is 2.84. The molecule has 1 heterocycles. The zero-order valence-corrected chi connectivity index (χ0v) is 9.63. The summed E-state index contributed by atoms with van der Waals surface area (Å²) in [6.07, 6.45) is 3.64. The SMILES string of the molecule is Nc1[nH]ncc1C(O)CCCc1ccccc1. The van der Waals surface area contributed by atoms with Crippen LogP contribution in [0.25, 0.3) is 0 Å². The van der Waals surface area contributed by atoms with Gasteiger partial charge < -0.3 is 10.8 Å². The lowest BCUT2D eigenvalue weighted by Gasteiger charge is -2.09. The van der Waals surface area contributed by atoms with E-state index in [4.69, 9.17) is 5.73 Å². The summed E-state index contributed by atoms with van der Waals surface area (Å²) < 4.78 is 0. The van der Waals surface area contributed by atoms with Crippen LogP contribution in [0.1, 0.15) is 30.1 Å². The van der Waals surface area contributed by atoms with Crippen LogP contribution in [0.5, 0.6) is 0 Å². The van der Waals surface area contributed by atoms with Crippen LogP contribution in [0.4, 0.5) is 5.82 Å². The summed E-state index contributed by atoms with van der Waals surface area (Å²) in [4.78, 5) is 0. The number of aromatic nitrogens is 2. The summed E-state index contributed by atoms with van der Waals surface area (Å²) in [6.45, 7) is 0. The van der Waals surface area contributed by atoms with Gasteiger partial charge in [0.05, 0.1) is 12.3 Å². The largest absolute Gasteiger partial charge is 0.388 e. The summed E-state index contributed by atoms with van der Waals surface area (Å²) >= 11 is 0. The number of hydrogen-bond donors (Lipinski definition) is 3. The Balaban J connectivity index is 1.81. The van der Waals surface area contributed by atoms with Crippen LogP contribution in [-0.2, 0) is 6.42 Å². The fourth-order valence-electron chi connectivity index (χ4n) is 1.87. The number of hydrogen-bond acceptors (Lipinski definition) is 3. The third kappa shape index (κ3) is 3.07. The van der Waals surface area contributed by atoms with Gasteiger partial charge in [0, 0.05) is 5.56 Å². The summed E-state index contributed by atoms with van der Waals surface area (Å²) in [6, 6.07) is 10.3. The quantitative estimate of drug-likeness (QED) is 0.737. The Hall–Kier alpha value is -1.81. The molecule has 0 bridgehead atoms. The van der Waals surface area contributed by atoms with E-state index in [9.17, 15) is 5.11 Å². The van der Waals surface area contributed by atoms with Crippen molar-refractivity contribution in [2.24, 2.45) is 0 Å². The second kappa shape index (κ2) is 5.50. The van der Waals surface area contributed by atoms with Gasteiger partial charge in [-0.05, 0) is 24.8 Å². The van der Waals surface area contributed by atoms with Crippen LogP contribution in [0.3, 0.4) is 0 Å². The van der Waals surface area contributed by atoms with E-state index < -0.39 is 6.10 Å². The molecule has 17 heavy (non-hydrogen) atoms. The average Bonchev–Trinajstić information content (AvgIpc) is 2.77. The van der Waals surface area contributed by atoms with Gasteiger partial charge in [0.25, 0.3) is 0 Å². The molecule has 0 aliphatic carbocycles. The second-order valence-electron chi connectivity index (χ2n) is 4.13. The van der Waals surface area contributed by atoms with E-state index in [-0.39, 0.29) is 0 Å². The van der Waals surface area contributed by atoms with Gasteiger partial charge in [-0.25, -0.2) is 0 Å². The molecule has 2 aromatic rings. The van der Waals surface area contributed by atoms with Crippen molar-refractivity contribution in [3.63, 3.8) is 0 Å². The first kappa shape index (κ1) is 11.7. The summed E-state index contributed by atoms with van der Waals surface area (Å²) in [7, 11) is 0. The Morgan fingerprint density at radius 2 is 2.06 bits per heavy atom. The van der Waals surface area contributed by atoms with Gasteiger partial charge in [-0.2, -0.15) is 5.10 Å². The third-order valence-electron chi connectivity index (χ3n) is 2.84. The van der Waals surface area contributed by atoms with Crippen molar-refractivity contribution in [2.45, 2.75) is 25.4 Å². The number of anilines is 1. The number of nitrogens with two attached hydrogens (primary N) is 1. The topological polar surface area (TPSA) is 74.9 Å². The van der Waals surface area contributed by atoms with Gasteiger partial charge in [-0.1, -0.05) is 30.3 Å². The number of benzene rings is 1. The van der Waals surface area contributed by atoms with Gasteiger partial charge in [-0.15, -0.1) is 0 Å². The highest BCUT2D eigenvalue weighted by molar-refractivity contribution is 5.38. The van der Waals surface area contributed by atoms with Crippen LogP contribution in [0.15, 0.2) is 36.5 Å². The predicted octanol–water partition coefficient (Wildman–Crippen LogP) is 2.05. The zero-order chi connectivity index (χ0) is 12.1. The Morgan fingerprint density at radius 3 is 2.71 bits per heavy atom. The minimum atomic E-state index is -0.530. The van der Waals surface area contributed by atoms with Crippen molar-refractivity contribution in [1.82, 2.24) is 10.2 Å². The number of nitrogens with zero attached hydrogens (tertiary/aromatic N) is 1. The number of aliphatic hydroxyl groups is 1. The lowest BCUT2D eigenvalue weighted by molar-refractivity contribution is 0.165. The van der Waals surface area contributed by atoms with Gasteiger partial charge >= 0.3 is 0 Å². The van der Waals surface area contributed by atoms with Crippen molar-refractivity contribution < 1.29 is 5.11 Å². The molecular formula is C13H17N3O. The van der Waals surface area contributed by atoms with Crippen molar-refractivity contribution in [2.75, 3.05) is 5.73 Å². The first-order valence-corrected chi connectivity index (χ1v) is 5.78. The number of nitrogens with one attached hydrogen (secondary N) is 1. The molecule has 4 heteroatoms. The van der Waals surface area contributed by atoms with E-state index in [1.54, 1.807) is 6.20 Å². The predicted molar refractivity (Wildman–Crippen MR) is 67.3 cm³/mol. The van der Waals surface area contributed by atoms with Gasteiger partial charge in [-0.3, -0.25) is 5.10 Å². The fourth-order valence-corrected chi connectivity index (χ4v) is 1.87. The second-order valence-corrected chi connectivity index (χ2v) is 4.13. The number of rotatable bonds is 5. The normalized spacial score (nSPS) is 12.5. The molecule has 4 N–H and O–H groups in total. The smallest absolute Gasteiger partial charge is 0.124 e. The van der Waals surface area contributed by atoms with Crippen molar-refractivity contribution >= 4 is 5.82 Å². The summed E-state index contributed by atoms with van der Waals surface area (Å²) in [5, 5.41) is 16.4. The number of nitrogen functional groups attached to an aromatic ring is 1. The van der Waals surface area contributed by atoms with E-state index in [1.807, 2.05) is 18.2 Å². The molecule has 90 valence electrons. The number of aliphatic hydroxyl groups excluding tert-OH is 1. The van der Waals surface area contributed by atoms with E-state index in [0.29, 0.717) is 17.8 Å². The zero-order valence-electron chi connectivity index (χ0n) is 9.63. The van der Waals surface area contributed by atoms with Crippen molar-refractivity contribution in [1.29, 1.82) is 0 Å². The van der Waals surface area contributed by atoms with Crippen LogP contribution in [0.2, 0.25) is 0 Å². The van der Waals surface area contributed by atoms with Crippen molar-refractivity contribution in [3.05, 3.63) is 47.7 Å². The molecule has 1 atom stereocenters. The molecule has 4 nitrogen and oxygen atoms in total. The Morgan fingerprint density at radius 1 is 1.29 bits per heavy atom. The Bertz CT molecular complexity index is 453. The standard InChI is InChI=1S/C13H17N3O/c14-13-11(9-15-16-13)12(17)8-4-7-10-5-2-1-3-6-10/h1-3,5-6,9,12,17H,4,7-8H2,(H3,14,15,16). The molecule has 1 unspecified atom stereocenters. The Labute approximate surface area is 100 Å². The molecular weight excluding hydrogens is 214 g/mol. The van der Waals surface area contributed by atoms with E-state index in [2.05, 4.69) is 22.3 Å². The lowest BCUT2D eigenvalue weighted by atomic mass is 10.0. The van der Waals surface area contributed by atoms with Crippen LogP contribution >= 0.6 is 0 Å². The van der Waals surface area contributed by atoms with Crippen LogP contribution in [-0.4, -0.2) is 15.3 Å². The molecule has 0 aliphatic rings. The molecule has 0 amide bonds. The monoisotopic (exact) mass is 231 g/mol. The lowest BCUT2D eigenvalue weighted by Crippen LogP contribution is -2.01. The number of aryl methyl sites for hydroxylation is 1. The molecule has 0 saturated carbocycles. The highest BCUT2D eigenvalue weighted by atomic mass is 16.3. The van der Waals surface area contributed by atoms with Gasteiger partial charge in [0.15, 0.2) is 0 Å². The fraction of sp³-hybridized carbons (Fsp3) is 0.308. The maximum atomic E-state index is 9.93. The molecule has 2 rings (SSSR count). The Kier molecular flexibility index (Phi) is 3.77. The maximum absolute atomic E-state index is 9.93. The molecule has 0 radical (unpaired) electrons. The van der Waals surface area contributed by atoms with E-state index in [0.717, 1.165) is 12.8 Å². The first-order valence-electron chi connectivity index (χ1n) is 5.78. The molecule has 1 aromatic heterocycles. The van der Waals surface area contributed by atoms with Crippen LogP contribution in [0, 0.1) is 0 Å². The van der Waals surface area contributed by atoms with E-state index >= 15 is 0 Å². The number of H-pyrrole nitrogens is 1. The van der Waals surface area contributed by atoms with Gasteiger partial charge in [0.2, 0.25) is 0 Å². The highest BCUT2D eigenvalue weighted by Crippen LogP contribution is 2.22. The van der Waals surface area contributed by atoms with Crippen molar-refractivity contribution in [3.8, 4) is 0 Å².